The molecule has 8 heteroatoms. The van der Waals surface area contributed by atoms with E-state index in [1.54, 1.807) is 24.3 Å². The molecule has 2 saturated heterocycles. The number of aryl methyl sites for hydroxylation is 2. The molecule has 2 aliphatic heterocycles. The fourth-order valence-corrected chi connectivity index (χ4v) is 5.62. The van der Waals surface area contributed by atoms with Crippen LogP contribution < -0.4 is 9.21 Å². The molecule has 29 heavy (non-hydrogen) atoms. The molecule has 0 unspecified atom stereocenters. The monoisotopic (exact) mass is 414 g/mol. The van der Waals surface area contributed by atoms with Crippen LogP contribution in [0.4, 0.5) is 11.4 Å². The number of pyridine rings is 1. The number of carbonyl (C=O) groups excluding carboxylic acids is 1. The van der Waals surface area contributed by atoms with Crippen LogP contribution in [0.5, 0.6) is 0 Å². The molecule has 0 atom stereocenters. The molecule has 1 amide bonds. The number of amides is 1. The van der Waals surface area contributed by atoms with Crippen molar-refractivity contribution in [3.63, 3.8) is 0 Å². The fourth-order valence-electron chi connectivity index (χ4n) is 4.05. The van der Waals surface area contributed by atoms with Gasteiger partial charge in [-0.2, -0.15) is 0 Å². The van der Waals surface area contributed by atoms with E-state index in [0.29, 0.717) is 37.3 Å². The highest BCUT2D eigenvalue weighted by molar-refractivity contribution is 7.93. The van der Waals surface area contributed by atoms with Crippen LogP contribution in [-0.4, -0.2) is 62.7 Å². The SMILES string of the molecule is Cc1cc(C)c(N2CCN(C(=O)c3ccc(N4CCCS4(=O)=O)cc3)CC2)cn1. The second-order valence-electron chi connectivity index (χ2n) is 7.68. The maximum atomic E-state index is 12.9. The number of sulfonamides is 1. The normalized spacial score (nSPS) is 18.9. The molecule has 7 nitrogen and oxygen atoms in total. The van der Waals surface area contributed by atoms with Gasteiger partial charge in [-0.1, -0.05) is 0 Å². The van der Waals surface area contributed by atoms with Gasteiger partial charge in [-0.3, -0.25) is 14.1 Å². The second kappa shape index (κ2) is 7.67. The topological polar surface area (TPSA) is 73.8 Å². The van der Waals surface area contributed by atoms with E-state index >= 15 is 0 Å². The summed E-state index contributed by atoms with van der Waals surface area (Å²) in [6.45, 7) is 7.40. The van der Waals surface area contributed by atoms with Gasteiger partial charge in [0.05, 0.1) is 23.3 Å². The lowest BCUT2D eigenvalue weighted by Gasteiger charge is -2.36. The molecular formula is C21H26N4O3S. The van der Waals surface area contributed by atoms with Crippen LogP contribution in [-0.2, 0) is 10.0 Å². The Balaban J connectivity index is 1.41. The van der Waals surface area contributed by atoms with E-state index in [1.807, 2.05) is 18.0 Å². The lowest BCUT2D eigenvalue weighted by molar-refractivity contribution is 0.0747. The van der Waals surface area contributed by atoms with Crippen LogP contribution in [0.1, 0.15) is 28.0 Å². The van der Waals surface area contributed by atoms with Crippen LogP contribution in [0.2, 0.25) is 0 Å². The summed E-state index contributed by atoms with van der Waals surface area (Å²) in [5.74, 6) is 0.174. The van der Waals surface area contributed by atoms with Crippen molar-refractivity contribution in [2.45, 2.75) is 20.3 Å². The number of anilines is 2. The maximum absolute atomic E-state index is 12.9. The Hall–Kier alpha value is -2.61. The summed E-state index contributed by atoms with van der Waals surface area (Å²) < 4.78 is 25.5. The van der Waals surface area contributed by atoms with Crippen LogP contribution in [0.3, 0.4) is 0 Å². The number of piperazine rings is 1. The molecule has 4 rings (SSSR count). The second-order valence-corrected chi connectivity index (χ2v) is 9.69. The zero-order valence-corrected chi connectivity index (χ0v) is 17.7. The van der Waals surface area contributed by atoms with E-state index in [9.17, 15) is 13.2 Å². The maximum Gasteiger partial charge on any atom is 0.253 e. The summed E-state index contributed by atoms with van der Waals surface area (Å²) in [6.07, 6.45) is 2.55. The van der Waals surface area contributed by atoms with E-state index in [-0.39, 0.29) is 11.7 Å². The first-order chi connectivity index (χ1) is 13.8. The van der Waals surface area contributed by atoms with Crippen LogP contribution in [0.15, 0.2) is 36.5 Å². The molecule has 2 aromatic rings. The Kier molecular flexibility index (Phi) is 5.21. The van der Waals surface area contributed by atoms with E-state index in [0.717, 1.165) is 24.5 Å². The molecule has 3 heterocycles. The summed E-state index contributed by atoms with van der Waals surface area (Å²) in [5.41, 5.74) is 4.55. The van der Waals surface area contributed by atoms with Gasteiger partial charge in [0.2, 0.25) is 10.0 Å². The van der Waals surface area contributed by atoms with Gasteiger partial charge in [-0.25, -0.2) is 8.42 Å². The predicted octanol–water partition coefficient (Wildman–Crippen LogP) is 2.20. The summed E-state index contributed by atoms with van der Waals surface area (Å²) in [4.78, 5) is 21.4. The minimum absolute atomic E-state index is 0.0146. The van der Waals surface area contributed by atoms with Gasteiger partial charge in [-0.05, 0) is 56.2 Å². The predicted molar refractivity (Wildman–Crippen MR) is 114 cm³/mol. The number of hydrogen-bond acceptors (Lipinski definition) is 5. The Morgan fingerprint density at radius 3 is 2.28 bits per heavy atom. The average Bonchev–Trinajstić information content (AvgIpc) is 3.07. The number of carbonyl (C=O) groups is 1. The Morgan fingerprint density at radius 2 is 1.69 bits per heavy atom. The van der Waals surface area contributed by atoms with Crippen molar-refractivity contribution in [3.05, 3.63) is 53.3 Å². The van der Waals surface area contributed by atoms with Crippen molar-refractivity contribution in [1.82, 2.24) is 9.88 Å². The van der Waals surface area contributed by atoms with E-state index in [2.05, 4.69) is 22.9 Å². The first-order valence-electron chi connectivity index (χ1n) is 9.93. The molecule has 1 aromatic heterocycles. The van der Waals surface area contributed by atoms with Crippen molar-refractivity contribution >= 4 is 27.3 Å². The minimum Gasteiger partial charge on any atom is -0.367 e. The van der Waals surface area contributed by atoms with Gasteiger partial charge in [0.15, 0.2) is 0 Å². The highest BCUT2D eigenvalue weighted by atomic mass is 32.2. The summed E-state index contributed by atoms with van der Waals surface area (Å²) >= 11 is 0. The third-order valence-corrected chi connectivity index (χ3v) is 7.50. The Morgan fingerprint density at radius 1 is 1.00 bits per heavy atom. The highest BCUT2D eigenvalue weighted by Gasteiger charge is 2.29. The highest BCUT2D eigenvalue weighted by Crippen LogP contribution is 2.25. The van der Waals surface area contributed by atoms with Gasteiger partial charge in [0.1, 0.15) is 0 Å². The fraction of sp³-hybridized carbons (Fsp3) is 0.429. The van der Waals surface area contributed by atoms with Crippen molar-refractivity contribution in [3.8, 4) is 0 Å². The van der Waals surface area contributed by atoms with Crippen molar-refractivity contribution in [2.24, 2.45) is 0 Å². The number of rotatable bonds is 3. The molecular weight excluding hydrogens is 388 g/mol. The van der Waals surface area contributed by atoms with E-state index < -0.39 is 10.0 Å². The standard InChI is InChI=1S/C21H26N4O3S/c1-16-14-17(2)22-15-20(16)23-9-11-24(12-10-23)21(26)18-4-6-19(7-5-18)25-8-3-13-29(25,27)28/h4-7,14-15H,3,8-13H2,1-2H3. The number of benzene rings is 1. The molecule has 0 saturated carbocycles. The van der Waals surface area contributed by atoms with Gasteiger partial charge in [0, 0.05) is 44.0 Å². The van der Waals surface area contributed by atoms with Gasteiger partial charge < -0.3 is 9.80 Å². The molecule has 154 valence electrons. The zero-order chi connectivity index (χ0) is 20.6. The number of hydrogen-bond donors (Lipinski definition) is 0. The van der Waals surface area contributed by atoms with Gasteiger partial charge in [0.25, 0.3) is 5.91 Å². The third-order valence-electron chi connectivity index (χ3n) is 5.63. The van der Waals surface area contributed by atoms with E-state index in [1.165, 1.54) is 9.87 Å². The minimum atomic E-state index is -3.21. The smallest absolute Gasteiger partial charge is 0.253 e. The first kappa shape index (κ1) is 19.7. The molecule has 0 aliphatic carbocycles. The van der Waals surface area contributed by atoms with Crippen LogP contribution in [0, 0.1) is 13.8 Å². The Labute approximate surface area is 172 Å². The molecule has 0 N–H and O–H groups in total. The zero-order valence-electron chi connectivity index (χ0n) is 16.8. The lowest BCUT2D eigenvalue weighted by atomic mass is 10.1. The molecule has 2 aliphatic rings. The lowest BCUT2D eigenvalue weighted by Crippen LogP contribution is -2.49. The molecule has 1 aromatic carbocycles. The molecule has 2 fully saturated rings. The van der Waals surface area contributed by atoms with Crippen LogP contribution in [0.25, 0.3) is 0 Å². The summed E-state index contributed by atoms with van der Waals surface area (Å²) in [7, 11) is -3.21. The van der Waals surface area contributed by atoms with Gasteiger partial charge in [-0.15, -0.1) is 0 Å². The molecule has 0 spiro atoms. The molecule has 0 radical (unpaired) electrons. The largest absolute Gasteiger partial charge is 0.367 e. The number of aromatic nitrogens is 1. The quantitative estimate of drug-likeness (QED) is 0.770. The summed E-state index contributed by atoms with van der Waals surface area (Å²) in [6, 6.07) is 8.99. The Bertz CT molecular complexity index is 1010. The van der Waals surface area contributed by atoms with Crippen molar-refractivity contribution < 1.29 is 13.2 Å². The number of nitrogens with zero attached hydrogens (tertiary/aromatic N) is 4. The van der Waals surface area contributed by atoms with Crippen LogP contribution >= 0.6 is 0 Å². The van der Waals surface area contributed by atoms with E-state index in [4.69, 9.17) is 0 Å². The van der Waals surface area contributed by atoms with Gasteiger partial charge >= 0.3 is 0 Å². The first-order valence-corrected chi connectivity index (χ1v) is 11.5. The van der Waals surface area contributed by atoms with Crippen molar-refractivity contribution in [1.29, 1.82) is 0 Å². The van der Waals surface area contributed by atoms with Crippen molar-refractivity contribution in [2.75, 3.05) is 47.7 Å². The average molecular weight is 415 g/mol. The summed E-state index contributed by atoms with van der Waals surface area (Å²) in [5, 5.41) is 0. The third kappa shape index (κ3) is 3.94. The molecule has 0 bridgehead atoms.